The van der Waals surface area contributed by atoms with Gasteiger partial charge in [0.05, 0.1) is 4.34 Å². The fourth-order valence-corrected chi connectivity index (χ4v) is 2.07. The van der Waals surface area contributed by atoms with Crippen LogP contribution < -0.4 is 5.32 Å². The quantitative estimate of drug-likeness (QED) is 0.771. The standard InChI is InChI=1S/C8H12ClNS/c1-3-10-5-7-4-6(2)8(9)11-7/h4,10H,3,5H2,1-2H3. The molecule has 0 saturated carbocycles. The Bertz CT molecular complexity index is 212. The van der Waals surface area contributed by atoms with E-state index in [9.17, 15) is 0 Å². The molecule has 1 N–H and O–H groups in total. The van der Waals surface area contributed by atoms with Crippen LogP contribution in [0.5, 0.6) is 0 Å². The second-order valence-corrected chi connectivity index (χ2v) is 4.19. The molecule has 3 heteroatoms. The van der Waals surface area contributed by atoms with Crippen LogP contribution in [0.15, 0.2) is 6.07 Å². The number of hydrogen-bond donors (Lipinski definition) is 1. The first-order valence-corrected chi connectivity index (χ1v) is 4.89. The van der Waals surface area contributed by atoms with E-state index in [0.717, 1.165) is 17.4 Å². The van der Waals surface area contributed by atoms with Crippen LogP contribution >= 0.6 is 22.9 Å². The average molecular weight is 190 g/mol. The molecule has 0 aromatic carbocycles. The highest BCUT2D eigenvalue weighted by Crippen LogP contribution is 2.26. The number of rotatable bonds is 3. The van der Waals surface area contributed by atoms with Gasteiger partial charge in [-0.3, -0.25) is 0 Å². The SMILES string of the molecule is CCNCc1cc(C)c(Cl)s1. The Hall–Kier alpha value is -0.0500. The second-order valence-electron chi connectivity index (χ2n) is 2.45. The van der Waals surface area contributed by atoms with Crippen molar-refractivity contribution in [1.82, 2.24) is 5.32 Å². The minimum Gasteiger partial charge on any atom is -0.312 e. The van der Waals surface area contributed by atoms with Crippen LogP contribution in [-0.4, -0.2) is 6.54 Å². The Morgan fingerprint density at radius 2 is 2.36 bits per heavy atom. The minimum absolute atomic E-state index is 0.915. The third kappa shape index (κ3) is 2.47. The van der Waals surface area contributed by atoms with E-state index in [0.29, 0.717) is 0 Å². The Morgan fingerprint density at radius 3 is 2.82 bits per heavy atom. The molecule has 1 nitrogen and oxygen atoms in total. The van der Waals surface area contributed by atoms with Crippen LogP contribution in [0, 0.1) is 6.92 Å². The van der Waals surface area contributed by atoms with Crippen molar-refractivity contribution in [2.24, 2.45) is 0 Å². The number of hydrogen-bond acceptors (Lipinski definition) is 2. The predicted molar refractivity (Wildman–Crippen MR) is 51.4 cm³/mol. The van der Waals surface area contributed by atoms with E-state index >= 15 is 0 Å². The molecule has 0 amide bonds. The van der Waals surface area contributed by atoms with Crippen LogP contribution in [-0.2, 0) is 6.54 Å². The lowest BCUT2D eigenvalue weighted by Gasteiger charge is -1.95. The van der Waals surface area contributed by atoms with Crippen molar-refractivity contribution in [2.45, 2.75) is 20.4 Å². The third-order valence-corrected chi connectivity index (χ3v) is 3.01. The van der Waals surface area contributed by atoms with Gasteiger partial charge in [-0.1, -0.05) is 18.5 Å². The molecule has 0 aliphatic heterocycles. The second kappa shape index (κ2) is 4.10. The molecule has 0 aliphatic carbocycles. The van der Waals surface area contributed by atoms with Gasteiger partial charge in [0.25, 0.3) is 0 Å². The highest BCUT2D eigenvalue weighted by molar-refractivity contribution is 7.16. The molecule has 62 valence electrons. The van der Waals surface area contributed by atoms with Crippen molar-refractivity contribution in [3.05, 3.63) is 20.8 Å². The molecule has 0 saturated heterocycles. The maximum Gasteiger partial charge on any atom is 0.0960 e. The Kier molecular flexibility index (Phi) is 3.37. The number of halogens is 1. The first-order valence-electron chi connectivity index (χ1n) is 3.69. The smallest absolute Gasteiger partial charge is 0.0960 e. The van der Waals surface area contributed by atoms with Crippen molar-refractivity contribution < 1.29 is 0 Å². The summed E-state index contributed by atoms with van der Waals surface area (Å²) >= 11 is 7.56. The summed E-state index contributed by atoms with van der Waals surface area (Å²) in [4.78, 5) is 1.31. The molecule has 0 aliphatic rings. The highest BCUT2D eigenvalue weighted by atomic mass is 35.5. The maximum atomic E-state index is 5.90. The molecule has 1 aromatic rings. The van der Waals surface area contributed by atoms with Crippen molar-refractivity contribution in [3.8, 4) is 0 Å². The van der Waals surface area contributed by atoms with Crippen molar-refractivity contribution in [2.75, 3.05) is 6.54 Å². The Labute approximate surface area is 76.4 Å². The molecule has 0 bridgehead atoms. The molecule has 1 rings (SSSR count). The van der Waals surface area contributed by atoms with Crippen LogP contribution in [0.2, 0.25) is 4.34 Å². The van der Waals surface area contributed by atoms with Gasteiger partial charge in [0.2, 0.25) is 0 Å². The molecule has 1 aromatic heterocycles. The zero-order chi connectivity index (χ0) is 8.27. The van der Waals surface area contributed by atoms with Gasteiger partial charge in [0.1, 0.15) is 0 Å². The van der Waals surface area contributed by atoms with E-state index in [2.05, 4.69) is 18.3 Å². The molecule has 1 heterocycles. The summed E-state index contributed by atoms with van der Waals surface area (Å²) in [5.41, 5.74) is 1.18. The summed E-state index contributed by atoms with van der Waals surface area (Å²) in [6.45, 7) is 6.08. The zero-order valence-electron chi connectivity index (χ0n) is 6.78. The van der Waals surface area contributed by atoms with E-state index in [1.165, 1.54) is 10.4 Å². The van der Waals surface area contributed by atoms with Gasteiger partial charge in [-0.05, 0) is 25.1 Å². The first kappa shape index (κ1) is 9.04. The first-order chi connectivity index (χ1) is 5.24. The fraction of sp³-hybridized carbons (Fsp3) is 0.500. The lowest BCUT2D eigenvalue weighted by atomic mass is 10.3. The highest BCUT2D eigenvalue weighted by Gasteiger charge is 2.01. The van der Waals surface area contributed by atoms with Crippen LogP contribution in [0.25, 0.3) is 0 Å². The summed E-state index contributed by atoms with van der Waals surface area (Å²) < 4.78 is 0.915. The van der Waals surface area contributed by atoms with Crippen molar-refractivity contribution >= 4 is 22.9 Å². The van der Waals surface area contributed by atoms with Gasteiger partial charge in [-0.25, -0.2) is 0 Å². The molecular formula is C8H12ClNS. The van der Waals surface area contributed by atoms with Gasteiger partial charge in [-0.2, -0.15) is 0 Å². The van der Waals surface area contributed by atoms with E-state index < -0.39 is 0 Å². The summed E-state index contributed by atoms with van der Waals surface area (Å²) in [6, 6.07) is 2.13. The number of nitrogens with one attached hydrogen (secondary N) is 1. The van der Waals surface area contributed by atoms with E-state index in [-0.39, 0.29) is 0 Å². The normalized spacial score (nSPS) is 10.5. The number of aryl methyl sites for hydroxylation is 1. The minimum atomic E-state index is 0.915. The molecule has 0 spiro atoms. The fourth-order valence-electron chi connectivity index (χ4n) is 0.859. The molecular weight excluding hydrogens is 178 g/mol. The van der Waals surface area contributed by atoms with E-state index in [1.54, 1.807) is 11.3 Å². The molecule has 0 unspecified atom stereocenters. The number of thiophene rings is 1. The zero-order valence-corrected chi connectivity index (χ0v) is 8.35. The van der Waals surface area contributed by atoms with E-state index in [1.807, 2.05) is 6.92 Å². The predicted octanol–water partition coefficient (Wildman–Crippen LogP) is 2.82. The summed E-state index contributed by atoms with van der Waals surface area (Å²) in [7, 11) is 0. The average Bonchev–Trinajstić information content (AvgIpc) is 2.28. The lowest BCUT2D eigenvalue weighted by Crippen LogP contribution is -2.10. The Morgan fingerprint density at radius 1 is 1.64 bits per heavy atom. The van der Waals surface area contributed by atoms with Gasteiger partial charge < -0.3 is 5.32 Å². The summed E-state index contributed by atoms with van der Waals surface area (Å²) in [6.07, 6.45) is 0. The van der Waals surface area contributed by atoms with Crippen LogP contribution in [0.1, 0.15) is 17.4 Å². The molecule has 11 heavy (non-hydrogen) atoms. The third-order valence-electron chi connectivity index (χ3n) is 1.46. The lowest BCUT2D eigenvalue weighted by molar-refractivity contribution is 0.735. The van der Waals surface area contributed by atoms with Gasteiger partial charge in [0, 0.05) is 11.4 Å². The monoisotopic (exact) mass is 189 g/mol. The van der Waals surface area contributed by atoms with Crippen LogP contribution in [0.4, 0.5) is 0 Å². The van der Waals surface area contributed by atoms with Gasteiger partial charge in [-0.15, -0.1) is 11.3 Å². The summed E-state index contributed by atoms with van der Waals surface area (Å²) in [5.74, 6) is 0. The largest absolute Gasteiger partial charge is 0.312 e. The topological polar surface area (TPSA) is 12.0 Å². The Balaban J connectivity index is 2.58. The summed E-state index contributed by atoms with van der Waals surface area (Å²) in [5, 5.41) is 3.26. The van der Waals surface area contributed by atoms with Gasteiger partial charge in [0.15, 0.2) is 0 Å². The molecule has 0 atom stereocenters. The molecule has 0 radical (unpaired) electrons. The van der Waals surface area contributed by atoms with E-state index in [4.69, 9.17) is 11.6 Å². The van der Waals surface area contributed by atoms with Crippen molar-refractivity contribution in [3.63, 3.8) is 0 Å². The molecule has 0 fully saturated rings. The van der Waals surface area contributed by atoms with Crippen molar-refractivity contribution in [1.29, 1.82) is 0 Å². The van der Waals surface area contributed by atoms with Gasteiger partial charge >= 0.3 is 0 Å². The van der Waals surface area contributed by atoms with Crippen LogP contribution in [0.3, 0.4) is 0 Å². The maximum absolute atomic E-state index is 5.90.